The van der Waals surface area contributed by atoms with Crippen LogP contribution in [0.3, 0.4) is 0 Å². The van der Waals surface area contributed by atoms with Gasteiger partial charge in [0, 0.05) is 19.3 Å². The van der Waals surface area contributed by atoms with E-state index >= 15 is 0 Å². The van der Waals surface area contributed by atoms with Crippen LogP contribution in [0.15, 0.2) is 136 Å². The van der Waals surface area contributed by atoms with Crippen molar-refractivity contribution in [3.05, 3.63) is 177 Å². The molecule has 0 aromatic heterocycles. The fourth-order valence-electron chi connectivity index (χ4n) is 7.72. The molecule has 0 saturated carbocycles. The number of hydrogen-bond donors (Lipinski definition) is 2. The van der Waals surface area contributed by atoms with Gasteiger partial charge in [-0.1, -0.05) is 121 Å². The van der Waals surface area contributed by atoms with E-state index in [1.165, 1.54) is 50.1 Å². The van der Waals surface area contributed by atoms with E-state index in [4.69, 9.17) is 29.2 Å². The molecule has 8 nitrogen and oxygen atoms in total. The van der Waals surface area contributed by atoms with Gasteiger partial charge in [-0.05, 0) is 83.3 Å². The van der Waals surface area contributed by atoms with Crippen LogP contribution in [0.2, 0.25) is 0 Å². The first-order valence-electron chi connectivity index (χ1n) is 20.7. The monoisotopic (exact) mass is 894 g/mol. The Morgan fingerprint density at radius 3 is 1.03 bits per heavy atom. The van der Waals surface area contributed by atoms with E-state index in [-0.39, 0.29) is 24.2 Å². The van der Waals surface area contributed by atoms with Crippen LogP contribution in [0.4, 0.5) is 25.2 Å². The number of benzene rings is 5. The van der Waals surface area contributed by atoms with E-state index in [0.29, 0.717) is 39.1 Å². The first-order valence-corrected chi connectivity index (χ1v) is 22.7. The summed E-state index contributed by atoms with van der Waals surface area (Å²) >= 11 is 0. The van der Waals surface area contributed by atoms with Gasteiger partial charge in [0.2, 0.25) is 0 Å². The molecule has 0 bridgehead atoms. The molecule has 0 amide bonds. The molecule has 3 aliphatic rings. The zero-order valence-corrected chi connectivity index (χ0v) is 36.5. The van der Waals surface area contributed by atoms with E-state index < -0.39 is 13.9 Å². The third-order valence-electron chi connectivity index (χ3n) is 11.1. The number of aliphatic hydroxyl groups is 1. The van der Waals surface area contributed by atoms with E-state index in [2.05, 4.69) is 99.3 Å². The number of ether oxygens (including phenoxy) is 3. The number of halogens is 6. The second-order valence-corrected chi connectivity index (χ2v) is 17.8. The van der Waals surface area contributed by atoms with Crippen molar-refractivity contribution in [2.75, 3.05) is 19.8 Å². The number of rotatable bonds is 11. The molecule has 4 N–H and O–H groups in total. The Labute approximate surface area is 363 Å². The van der Waals surface area contributed by atoms with Crippen LogP contribution in [0.25, 0.3) is 0 Å². The summed E-state index contributed by atoms with van der Waals surface area (Å²) < 4.78 is 77.8. The molecule has 63 heavy (non-hydrogen) atoms. The van der Waals surface area contributed by atoms with Gasteiger partial charge in [-0.3, -0.25) is 0 Å². The Bertz CT molecular complexity index is 2180. The molecule has 3 heterocycles. The van der Waals surface area contributed by atoms with Crippen molar-refractivity contribution in [3.8, 4) is 0 Å². The maximum absolute atomic E-state index is 10.7. The number of nitrogens with zero attached hydrogens (tertiary/aromatic N) is 3. The van der Waals surface area contributed by atoms with E-state index in [0.717, 1.165) is 23.3 Å². The minimum absolute atomic E-state index is 0.0264. The Hall–Kier alpha value is -5.56. The summed E-state index contributed by atoms with van der Waals surface area (Å²) in [7, 11) is -10.7. The van der Waals surface area contributed by atoms with Crippen molar-refractivity contribution in [3.63, 3.8) is 0 Å². The van der Waals surface area contributed by atoms with Gasteiger partial charge in [0.25, 0.3) is 0 Å². The normalized spacial score (nSPS) is 20.1. The summed E-state index contributed by atoms with van der Waals surface area (Å²) in [5.74, 6) is 2.36. The number of hydrogen-bond acceptors (Lipinski definition) is 7. The average Bonchev–Trinajstić information content (AvgIpc) is 4.05. The predicted octanol–water partition coefficient (Wildman–Crippen LogP) is 11.5. The van der Waals surface area contributed by atoms with Crippen molar-refractivity contribution in [2.24, 2.45) is 15.0 Å². The van der Waals surface area contributed by atoms with Crippen LogP contribution in [0.1, 0.15) is 86.8 Å². The maximum atomic E-state index is 9.87. The number of quaternary nitrogens is 1. The molecule has 0 radical (unpaired) electrons. The minimum atomic E-state index is -10.7. The fraction of sp³-hybridized carbons (Fsp3) is 0.312. The summed E-state index contributed by atoms with van der Waals surface area (Å²) in [6, 6.07) is 40.9. The fourth-order valence-corrected chi connectivity index (χ4v) is 7.72. The van der Waals surface area contributed by atoms with Crippen LogP contribution in [0, 0.1) is 20.8 Å². The Kier molecular flexibility index (Phi) is 14.2. The predicted molar refractivity (Wildman–Crippen MR) is 237 cm³/mol. The molecule has 5 aromatic carbocycles. The van der Waals surface area contributed by atoms with Crippen molar-refractivity contribution in [2.45, 2.75) is 77.2 Å². The van der Waals surface area contributed by atoms with Crippen molar-refractivity contribution in [1.82, 2.24) is 0 Å². The third-order valence-corrected chi connectivity index (χ3v) is 11.1. The zero-order chi connectivity index (χ0) is 45.4. The Morgan fingerprint density at radius 1 is 0.524 bits per heavy atom. The van der Waals surface area contributed by atoms with Crippen LogP contribution < -0.4 is 5.73 Å². The molecule has 0 fully saturated rings. The van der Waals surface area contributed by atoms with Gasteiger partial charge in [0.15, 0.2) is 17.7 Å². The van der Waals surface area contributed by atoms with Gasteiger partial charge in [0.1, 0.15) is 50.1 Å². The van der Waals surface area contributed by atoms with Crippen molar-refractivity contribution >= 4 is 25.5 Å². The average molecular weight is 895 g/mol. The molecule has 5 atom stereocenters. The molecule has 15 heteroatoms. The quantitative estimate of drug-likeness (QED) is 0.102. The van der Waals surface area contributed by atoms with Gasteiger partial charge in [-0.25, -0.2) is 15.0 Å². The molecular weight excluding hydrogens is 842 g/mol. The SMILES string of the molecule is C[C@H]([NH3+])[C@H](O)c1ccccc1.Cc1c(CC2=N[C@@H](c3ccccc3)CO2)c(C)c(CC2=N[C@@H](c3ccccc3)CO2)c(C)c1CC1=N[C@@H](c2ccccc2)CO1.F[P-](F)(F)(F)(F)F. The van der Waals surface area contributed by atoms with Gasteiger partial charge >= 0.3 is 33.0 Å². The molecule has 0 aliphatic carbocycles. The summed E-state index contributed by atoms with van der Waals surface area (Å²) in [5.41, 5.74) is 15.7. The van der Waals surface area contributed by atoms with Gasteiger partial charge < -0.3 is 25.1 Å². The summed E-state index contributed by atoms with van der Waals surface area (Å²) in [5, 5.41) is 9.54. The van der Waals surface area contributed by atoms with Crippen LogP contribution in [-0.4, -0.2) is 48.7 Å². The number of aliphatic hydroxyl groups excluding tert-OH is 1. The van der Waals surface area contributed by atoms with Crippen LogP contribution in [-0.2, 0) is 33.5 Å². The van der Waals surface area contributed by atoms with Gasteiger partial charge in [0.05, 0.1) is 0 Å². The van der Waals surface area contributed by atoms with Crippen LogP contribution >= 0.6 is 7.81 Å². The Morgan fingerprint density at radius 2 is 0.778 bits per heavy atom. The van der Waals surface area contributed by atoms with E-state index in [9.17, 15) is 30.3 Å². The standard InChI is InChI=1S/C39H39N3O3.C9H13NO.F6P/c1-25-31(19-37-40-34(22-43-37)28-13-7-4-8-14-28)26(2)33(21-39-42-36(24-45-39)30-17-11-6-12-18-30)27(3)32(25)20-38-41-35(23-44-38)29-15-9-5-10-16-29;1-7(10)9(11)8-5-3-2-4-6-8;1-7(2,3,4,5)6/h4-18,34-36H,19-24H2,1-3H3;2-7,9,11H,10H2,1H3;/q;;-1/p+1/t34-,35-,36-;7-,9-;/m10./s1. The second kappa shape index (κ2) is 19.0. The van der Waals surface area contributed by atoms with Crippen molar-refractivity contribution < 1.29 is 50.2 Å². The second-order valence-electron chi connectivity index (χ2n) is 15.9. The first kappa shape index (κ1) is 46.9. The van der Waals surface area contributed by atoms with Gasteiger partial charge in [-0.15, -0.1) is 0 Å². The molecule has 8 rings (SSSR count). The third kappa shape index (κ3) is 14.0. The molecule has 3 aliphatic heterocycles. The molecule has 0 saturated heterocycles. The molecular formula is C48H53F6N4O4P. The Balaban J connectivity index is 0.000000306. The zero-order valence-electron chi connectivity index (χ0n) is 35.6. The number of aliphatic imine (C=N–C) groups is 3. The molecule has 0 unspecified atom stereocenters. The summed E-state index contributed by atoms with van der Waals surface area (Å²) in [6.07, 6.45) is 1.49. The molecule has 0 spiro atoms. The summed E-state index contributed by atoms with van der Waals surface area (Å²) in [4.78, 5) is 15.0. The van der Waals surface area contributed by atoms with E-state index in [1.54, 1.807) is 0 Å². The van der Waals surface area contributed by atoms with Crippen LogP contribution in [0.5, 0.6) is 0 Å². The topological polar surface area (TPSA) is 113 Å². The molecule has 336 valence electrons. The summed E-state index contributed by atoms with van der Waals surface area (Å²) in [6.45, 7) is 10.3. The first-order chi connectivity index (χ1) is 29.7. The van der Waals surface area contributed by atoms with Gasteiger partial charge in [-0.2, -0.15) is 0 Å². The molecule has 5 aromatic rings. The van der Waals surface area contributed by atoms with E-state index in [1.807, 2.05) is 55.5 Å². The van der Waals surface area contributed by atoms with Crippen molar-refractivity contribution in [1.29, 1.82) is 0 Å².